The Morgan fingerprint density at radius 2 is 1.86 bits per heavy atom. The van der Waals surface area contributed by atoms with Crippen LogP contribution in [-0.2, 0) is 17.6 Å². The van der Waals surface area contributed by atoms with E-state index in [1.807, 2.05) is 0 Å². The summed E-state index contributed by atoms with van der Waals surface area (Å²) < 4.78 is 14.9. The molecule has 0 fully saturated rings. The Morgan fingerprint density at radius 3 is 2.62 bits per heavy atom. The first-order chi connectivity index (χ1) is 10.3. The predicted octanol–water partition coefficient (Wildman–Crippen LogP) is 3.63. The minimum absolute atomic E-state index is 0.245. The van der Waals surface area contributed by atoms with E-state index in [1.54, 1.807) is 23.0 Å². The molecule has 0 saturated carbocycles. The van der Waals surface area contributed by atoms with E-state index in [0.29, 0.717) is 0 Å². The number of hydrogen-bond donors (Lipinski definition) is 0. The van der Waals surface area contributed by atoms with E-state index >= 15 is 0 Å². The summed E-state index contributed by atoms with van der Waals surface area (Å²) >= 11 is 0. The SMILES string of the molecule is O=C/C=C/n1nc(-c2ccc(F)cc2)c2c1CCCCC2. The largest absolute Gasteiger partial charge is 0.299 e. The summed E-state index contributed by atoms with van der Waals surface area (Å²) in [6, 6.07) is 6.44. The molecule has 1 aromatic carbocycles. The summed E-state index contributed by atoms with van der Waals surface area (Å²) in [5.41, 5.74) is 4.23. The van der Waals surface area contributed by atoms with Gasteiger partial charge < -0.3 is 0 Å². The van der Waals surface area contributed by atoms with Crippen molar-refractivity contribution in [3.8, 4) is 11.3 Å². The summed E-state index contributed by atoms with van der Waals surface area (Å²) in [6.07, 6.45) is 9.33. The van der Waals surface area contributed by atoms with E-state index in [2.05, 4.69) is 5.10 Å². The van der Waals surface area contributed by atoms with E-state index < -0.39 is 0 Å². The lowest BCUT2D eigenvalue weighted by molar-refractivity contribution is -0.104. The van der Waals surface area contributed by atoms with E-state index in [1.165, 1.54) is 35.9 Å². The fraction of sp³-hybridized carbons (Fsp3) is 0.294. The van der Waals surface area contributed by atoms with Gasteiger partial charge in [0.2, 0.25) is 0 Å². The van der Waals surface area contributed by atoms with Crippen molar-refractivity contribution >= 4 is 12.5 Å². The summed E-state index contributed by atoms with van der Waals surface area (Å²) in [5.74, 6) is -0.245. The number of aromatic nitrogens is 2. The molecule has 0 radical (unpaired) electrons. The number of rotatable bonds is 3. The van der Waals surface area contributed by atoms with Crippen LogP contribution < -0.4 is 0 Å². The Hall–Kier alpha value is -2.23. The molecule has 0 aliphatic heterocycles. The number of halogens is 1. The zero-order valence-corrected chi connectivity index (χ0v) is 11.8. The molecule has 1 aliphatic carbocycles. The number of nitrogens with zero attached hydrogens (tertiary/aromatic N) is 2. The third-order valence-electron chi connectivity index (χ3n) is 3.88. The van der Waals surface area contributed by atoms with Crippen LogP contribution in [0.1, 0.15) is 30.5 Å². The van der Waals surface area contributed by atoms with Crippen LogP contribution in [0.4, 0.5) is 4.39 Å². The summed E-state index contributed by atoms with van der Waals surface area (Å²) in [6.45, 7) is 0. The van der Waals surface area contributed by atoms with Crippen molar-refractivity contribution in [3.63, 3.8) is 0 Å². The molecule has 1 aromatic heterocycles. The predicted molar refractivity (Wildman–Crippen MR) is 80.3 cm³/mol. The molecule has 0 bridgehead atoms. The molecule has 0 amide bonds. The van der Waals surface area contributed by atoms with Crippen molar-refractivity contribution in [2.45, 2.75) is 32.1 Å². The van der Waals surface area contributed by atoms with Crippen LogP contribution >= 0.6 is 0 Å². The molecule has 2 aromatic rings. The van der Waals surface area contributed by atoms with Crippen LogP contribution in [0.15, 0.2) is 30.3 Å². The second kappa shape index (κ2) is 6.04. The van der Waals surface area contributed by atoms with E-state index in [9.17, 15) is 9.18 Å². The van der Waals surface area contributed by atoms with Gasteiger partial charge in [-0.1, -0.05) is 6.42 Å². The van der Waals surface area contributed by atoms with Crippen molar-refractivity contribution in [3.05, 3.63) is 47.4 Å². The molecule has 3 nitrogen and oxygen atoms in total. The molecule has 4 heteroatoms. The Kier molecular flexibility index (Phi) is 3.95. The Balaban J connectivity index is 2.11. The fourth-order valence-electron chi connectivity index (χ4n) is 2.88. The van der Waals surface area contributed by atoms with Crippen molar-refractivity contribution in [1.29, 1.82) is 0 Å². The van der Waals surface area contributed by atoms with Gasteiger partial charge in [-0.05, 0) is 56.0 Å². The Labute approximate surface area is 123 Å². The maximum atomic E-state index is 13.1. The van der Waals surface area contributed by atoms with Gasteiger partial charge in [0.25, 0.3) is 0 Å². The Bertz CT molecular complexity index is 671. The maximum Gasteiger partial charge on any atom is 0.144 e. The molecule has 0 atom stereocenters. The second-order valence-electron chi connectivity index (χ2n) is 5.26. The van der Waals surface area contributed by atoms with Crippen molar-refractivity contribution in [2.24, 2.45) is 0 Å². The van der Waals surface area contributed by atoms with Gasteiger partial charge in [-0.3, -0.25) is 4.79 Å². The highest BCUT2D eigenvalue weighted by molar-refractivity contribution is 5.70. The number of hydrogen-bond acceptors (Lipinski definition) is 2. The minimum atomic E-state index is -0.245. The lowest BCUT2D eigenvalue weighted by atomic mass is 10.0. The lowest BCUT2D eigenvalue weighted by Gasteiger charge is -2.02. The number of allylic oxidation sites excluding steroid dienone is 1. The molecular weight excluding hydrogens is 267 g/mol. The molecule has 3 rings (SSSR count). The first-order valence-electron chi connectivity index (χ1n) is 7.28. The first kappa shape index (κ1) is 13.7. The van der Waals surface area contributed by atoms with Crippen LogP contribution in [0.25, 0.3) is 17.5 Å². The van der Waals surface area contributed by atoms with Gasteiger partial charge in [-0.15, -0.1) is 0 Å². The lowest BCUT2D eigenvalue weighted by Crippen LogP contribution is -1.97. The van der Waals surface area contributed by atoms with Gasteiger partial charge in [-0.2, -0.15) is 5.10 Å². The number of carbonyl (C=O) groups is 1. The van der Waals surface area contributed by atoms with E-state index in [-0.39, 0.29) is 5.82 Å². The molecule has 1 aliphatic rings. The van der Waals surface area contributed by atoms with E-state index in [0.717, 1.165) is 43.2 Å². The van der Waals surface area contributed by atoms with Gasteiger partial charge in [0.1, 0.15) is 12.1 Å². The highest BCUT2D eigenvalue weighted by Crippen LogP contribution is 2.30. The van der Waals surface area contributed by atoms with Crippen LogP contribution in [0, 0.1) is 5.82 Å². The minimum Gasteiger partial charge on any atom is -0.299 e. The standard InChI is InChI=1S/C17H17FN2O/c18-14-9-7-13(8-10-14)17-15-5-2-1-3-6-16(15)20(19-17)11-4-12-21/h4,7-12H,1-3,5-6H2/b11-4+. The van der Waals surface area contributed by atoms with Gasteiger partial charge >= 0.3 is 0 Å². The third kappa shape index (κ3) is 2.79. The smallest absolute Gasteiger partial charge is 0.144 e. The molecule has 1 heterocycles. The zero-order chi connectivity index (χ0) is 14.7. The maximum absolute atomic E-state index is 13.1. The van der Waals surface area contributed by atoms with Crippen LogP contribution in [0.2, 0.25) is 0 Å². The molecule has 0 spiro atoms. The van der Waals surface area contributed by atoms with E-state index in [4.69, 9.17) is 0 Å². The summed E-state index contributed by atoms with van der Waals surface area (Å²) in [7, 11) is 0. The van der Waals surface area contributed by atoms with Crippen molar-refractivity contribution in [2.75, 3.05) is 0 Å². The normalized spacial score (nSPS) is 14.9. The number of fused-ring (bicyclic) bond motifs is 1. The van der Waals surface area contributed by atoms with Crippen LogP contribution in [0.3, 0.4) is 0 Å². The molecule has 0 saturated heterocycles. The third-order valence-corrected chi connectivity index (χ3v) is 3.88. The number of aldehydes is 1. The molecule has 0 N–H and O–H groups in total. The number of benzene rings is 1. The molecule has 108 valence electrons. The topological polar surface area (TPSA) is 34.9 Å². The Morgan fingerprint density at radius 1 is 1.10 bits per heavy atom. The van der Waals surface area contributed by atoms with Gasteiger partial charge in [0.15, 0.2) is 0 Å². The van der Waals surface area contributed by atoms with Gasteiger partial charge in [-0.25, -0.2) is 9.07 Å². The number of carbonyl (C=O) groups excluding carboxylic acids is 1. The molecular formula is C17H17FN2O. The van der Waals surface area contributed by atoms with Gasteiger partial charge in [0, 0.05) is 23.0 Å². The van der Waals surface area contributed by atoms with Crippen LogP contribution in [-0.4, -0.2) is 16.1 Å². The second-order valence-corrected chi connectivity index (χ2v) is 5.26. The monoisotopic (exact) mass is 284 g/mol. The van der Waals surface area contributed by atoms with Gasteiger partial charge in [0.05, 0.1) is 5.69 Å². The van der Waals surface area contributed by atoms with Crippen molar-refractivity contribution < 1.29 is 9.18 Å². The zero-order valence-electron chi connectivity index (χ0n) is 11.8. The average Bonchev–Trinajstić information content (AvgIpc) is 2.68. The van der Waals surface area contributed by atoms with Crippen molar-refractivity contribution in [1.82, 2.24) is 9.78 Å². The quantitative estimate of drug-likeness (QED) is 0.490. The average molecular weight is 284 g/mol. The summed E-state index contributed by atoms with van der Waals surface area (Å²) in [5, 5.41) is 4.62. The highest BCUT2D eigenvalue weighted by atomic mass is 19.1. The summed E-state index contributed by atoms with van der Waals surface area (Å²) in [4.78, 5) is 10.6. The van der Waals surface area contributed by atoms with Crippen LogP contribution in [0.5, 0.6) is 0 Å². The first-order valence-corrected chi connectivity index (χ1v) is 7.28. The fourth-order valence-corrected chi connectivity index (χ4v) is 2.88. The molecule has 0 unspecified atom stereocenters. The molecule has 21 heavy (non-hydrogen) atoms. The highest BCUT2D eigenvalue weighted by Gasteiger charge is 2.19.